The van der Waals surface area contributed by atoms with Crippen LogP contribution in [0.4, 0.5) is 0 Å². The number of carbonyl (C=O) groups is 1. The Bertz CT molecular complexity index is 633. The van der Waals surface area contributed by atoms with E-state index < -0.39 is 0 Å². The summed E-state index contributed by atoms with van der Waals surface area (Å²) in [7, 11) is 0. The summed E-state index contributed by atoms with van der Waals surface area (Å²) in [5.74, 6) is 0.0462. The second kappa shape index (κ2) is 9.82. The molecule has 8 heteroatoms. The lowest BCUT2D eigenvalue weighted by Gasteiger charge is -2.23. The highest BCUT2D eigenvalue weighted by molar-refractivity contribution is 7.09. The minimum atomic E-state index is -0.185. The van der Waals surface area contributed by atoms with Crippen LogP contribution in [0, 0.1) is 12.8 Å². The van der Waals surface area contributed by atoms with Crippen molar-refractivity contribution in [3.8, 4) is 0 Å². The molecule has 0 aliphatic rings. The third-order valence-electron chi connectivity index (χ3n) is 3.26. The van der Waals surface area contributed by atoms with Gasteiger partial charge < -0.3 is 11.1 Å². The minimum absolute atomic E-state index is 0. The molecule has 1 amide bonds. The first-order valence-corrected chi connectivity index (χ1v) is 7.77. The van der Waals surface area contributed by atoms with E-state index in [9.17, 15) is 4.79 Å². The second-order valence-corrected chi connectivity index (χ2v) is 6.17. The third kappa shape index (κ3) is 5.42. The lowest BCUT2D eigenvalue weighted by molar-refractivity contribution is 0.0919. The lowest BCUT2D eigenvalue weighted by Crippen LogP contribution is -2.33. The van der Waals surface area contributed by atoms with E-state index in [1.807, 2.05) is 19.1 Å². The highest BCUT2D eigenvalue weighted by Gasteiger charge is 2.22. The van der Waals surface area contributed by atoms with Crippen LogP contribution in [0.5, 0.6) is 0 Å². The van der Waals surface area contributed by atoms with Crippen molar-refractivity contribution in [2.24, 2.45) is 11.7 Å². The molecule has 3 N–H and O–H groups in total. The highest BCUT2D eigenvalue weighted by Crippen LogP contribution is 2.23. The van der Waals surface area contributed by atoms with E-state index in [0.29, 0.717) is 12.2 Å². The summed E-state index contributed by atoms with van der Waals surface area (Å²) in [6.07, 6.45) is 1.75. The number of pyridine rings is 1. The van der Waals surface area contributed by atoms with Gasteiger partial charge in [0.05, 0.1) is 11.7 Å². The van der Waals surface area contributed by atoms with Crippen molar-refractivity contribution in [2.75, 3.05) is 0 Å². The number of nitrogens with two attached hydrogens (primary N) is 1. The zero-order valence-electron chi connectivity index (χ0n) is 13.3. The summed E-state index contributed by atoms with van der Waals surface area (Å²) in [5, 5.41) is 5.53. The van der Waals surface area contributed by atoms with Crippen molar-refractivity contribution < 1.29 is 4.79 Å². The van der Waals surface area contributed by atoms with Crippen LogP contribution >= 0.6 is 36.2 Å². The minimum Gasteiger partial charge on any atom is -0.342 e. The normalized spacial score (nSPS) is 11.3. The van der Waals surface area contributed by atoms with E-state index in [4.69, 9.17) is 5.73 Å². The number of halogens is 2. The lowest BCUT2D eigenvalue weighted by atomic mass is 9.97. The second-order valence-electron chi connectivity index (χ2n) is 5.23. The molecule has 0 bridgehead atoms. The number of nitrogens with zero attached hydrogens (tertiary/aromatic N) is 2. The van der Waals surface area contributed by atoms with Gasteiger partial charge in [-0.3, -0.25) is 9.78 Å². The van der Waals surface area contributed by atoms with E-state index >= 15 is 0 Å². The number of hydrogen-bond acceptors (Lipinski definition) is 5. The highest BCUT2D eigenvalue weighted by atomic mass is 35.5. The predicted molar refractivity (Wildman–Crippen MR) is 98.5 cm³/mol. The Balaban J connectivity index is 0.00000242. The molecule has 0 saturated carbocycles. The first kappa shape index (κ1) is 21.8. The van der Waals surface area contributed by atoms with Gasteiger partial charge in [0.2, 0.25) is 0 Å². The molecule has 2 rings (SSSR count). The molecule has 0 radical (unpaired) electrons. The largest absolute Gasteiger partial charge is 0.342 e. The summed E-state index contributed by atoms with van der Waals surface area (Å²) >= 11 is 1.40. The molecule has 2 aromatic rings. The molecule has 2 heterocycles. The molecule has 5 nitrogen and oxygen atoms in total. The fourth-order valence-corrected chi connectivity index (χ4v) is 2.75. The van der Waals surface area contributed by atoms with Crippen LogP contribution in [-0.4, -0.2) is 15.9 Å². The van der Waals surface area contributed by atoms with Crippen LogP contribution in [-0.2, 0) is 6.54 Å². The first-order valence-electron chi connectivity index (χ1n) is 6.89. The average molecular weight is 377 g/mol. The summed E-state index contributed by atoms with van der Waals surface area (Å²) in [5.41, 5.74) is 7.91. The molecular weight excluding hydrogens is 355 g/mol. The Morgan fingerprint density at radius 2 is 2.09 bits per heavy atom. The molecule has 1 atom stereocenters. The molecule has 0 aliphatic heterocycles. The van der Waals surface area contributed by atoms with E-state index in [1.54, 1.807) is 11.6 Å². The molecule has 0 aromatic carbocycles. The number of thiazole rings is 1. The van der Waals surface area contributed by atoms with Crippen LogP contribution in [0.3, 0.4) is 0 Å². The van der Waals surface area contributed by atoms with Gasteiger partial charge in [-0.2, -0.15) is 0 Å². The van der Waals surface area contributed by atoms with E-state index in [0.717, 1.165) is 16.3 Å². The SMILES string of the molecule is Cc1cccnc1C(NC(=O)c1csc(CN)n1)C(C)C.Cl.Cl. The number of aromatic nitrogens is 2. The van der Waals surface area contributed by atoms with E-state index in [1.165, 1.54) is 11.3 Å². The van der Waals surface area contributed by atoms with Crippen molar-refractivity contribution in [3.05, 3.63) is 45.7 Å². The van der Waals surface area contributed by atoms with Gasteiger partial charge >= 0.3 is 0 Å². The van der Waals surface area contributed by atoms with Gasteiger partial charge in [0.1, 0.15) is 10.7 Å². The Morgan fingerprint density at radius 3 is 2.61 bits per heavy atom. The molecule has 0 saturated heterocycles. The van der Waals surface area contributed by atoms with Gasteiger partial charge in [-0.1, -0.05) is 19.9 Å². The summed E-state index contributed by atoms with van der Waals surface area (Å²) in [4.78, 5) is 21.0. The molecule has 23 heavy (non-hydrogen) atoms. The van der Waals surface area contributed by atoms with Gasteiger partial charge in [0.25, 0.3) is 5.91 Å². The number of carbonyl (C=O) groups excluding carboxylic acids is 1. The van der Waals surface area contributed by atoms with Gasteiger partial charge in [-0.05, 0) is 24.5 Å². The maximum Gasteiger partial charge on any atom is 0.271 e. The standard InChI is InChI=1S/C15H20N4OS.2ClH/c1-9(2)13(14-10(3)5-4-6-17-14)19-15(20)11-8-21-12(7-16)18-11;;/h4-6,8-9,13H,7,16H2,1-3H3,(H,19,20);2*1H. The predicted octanol–water partition coefficient (Wildman–Crippen LogP) is 3.28. The van der Waals surface area contributed by atoms with Crippen molar-refractivity contribution in [3.63, 3.8) is 0 Å². The van der Waals surface area contributed by atoms with Crippen molar-refractivity contribution in [1.29, 1.82) is 0 Å². The molecule has 0 spiro atoms. The van der Waals surface area contributed by atoms with Gasteiger partial charge in [-0.25, -0.2) is 4.98 Å². The monoisotopic (exact) mass is 376 g/mol. The maximum absolute atomic E-state index is 12.3. The van der Waals surface area contributed by atoms with E-state index in [-0.39, 0.29) is 42.7 Å². The van der Waals surface area contributed by atoms with Crippen LogP contribution in [0.2, 0.25) is 0 Å². The summed E-state index contributed by atoms with van der Waals surface area (Å²) in [6, 6.07) is 3.76. The Kier molecular flexibility index (Phi) is 9.31. The zero-order chi connectivity index (χ0) is 15.4. The first-order chi connectivity index (χ1) is 10.0. The van der Waals surface area contributed by atoms with Crippen molar-refractivity contribution in [2.45, 2.75) is 33.4 Å². The maximum atomic E-state index is 12.3. The number of rotatable bonds is 5. The third-order valence-corrected chi connectivity index (χ3v) is 4.13. The van der Waals surface area contributed by atoms with Gasteiger partial charge in [0.15, 0.2) is 0 Å². The van der Waals surface area contributed by atoms with Gasteiger partial charge in [0, 0.05) is 18.1 Å². The molecule has 0 aliphatic carbocycles. The zero-order valence-corrected chi connectivity index (χ0v) is 15.7. The Labute approximate surface area is 152 Å². The van der Waals surface area contributed by atoms with Crippen LogP contribution in [0.25, 0.3) is 0 Å². The number of hydrogen-bond donors (Lipinski definition) is 2. The average Bonchev–Trinajstić information content (AvgIpc) is 2.94. The smallest absolute Gasteiger partial charge is 0.271 e. The van der Waals surface area contributed by atoms with Crippen molar-refractivity contribution >= 4 is 42.1 Å². The Morgan fingerprint density at radius 1 is 1.39 bits per heavy atom. The number of aryl methyl sites for hydroxylation is 1. The topological polar surface area (TPSA) is 80.9 Å². The molecule has 0 fully saturated rings. The molecule has 2 aromatic heterocycles. The van der Waals surface area contributed by atoms with E-state index in [2.05, 4.69) is 29.1 Å². The van der Waals surface area contributed by atoms with Crippen molar-refractivity contribution in [1.82, 2.24) is 15.3 Å². The summed E-state index contributed by atoms with van der Waals surface area (Å²) < 4.78 is 0. The molecular formula is C15H22Cl2N4OS. The van der Waals surface area contributed by atoms with Crippen LogP contribution in [0.15, 0.2) is 23.7 Å². The summed E-state index contributed by atoms with van der Waals surface area (Å²) in [6.45, 7) is 6.47. The fourth-order valence-electron chi connectivity index (χ4n) is 2.10. The molecule has 1 unspecified atom stereocenters. The number of nitrogens with one attached hydrogen (secondary N) is 1. The van der Waals surface area contributed by atoms with Gasteiger partial charge in [-0.15, -0.1) is 36.2 Å². The fraction of sp³-hybridized carbons (Fsp3) is 0.400. The van der Waals surface area contributed by atoms with Crippen LogP contribution in [0.1, 0.15) is 46.6 Å². The number of amides is 1. The molecule has 128 valence electrons. The van der Waals surface area contributed by atoms with Crippen LogP contribution < -0.4 is 11.1 Å². The Hall–Kier alpha value is -1.21. The quantitative estimate of drug-likeness (QED) is 0.838.